The van der Waals surface area contributed by atoms with Gasteiger partial charge in [-0.25, -0.2) is 28.8 Å². The van der Waals surface area contributed by atoms with E-state index >= 15 is 0 Å². The maximum Gasteiger partial charge on any atom is 0.410 e. The zero-order valence-corrected chi connectivity index (χ0v) is 93.0. The third-order valence-corrected chi connectivity index (χ3v) is 41.6. The SMILES string of the molecule is CC[C@@H]1C[C@]1(NC(=O)[C@@H]1C[C@@H]2CN1C(=O)[C@H](C(C)(C)C)NC(=O)OC[C@@H](C)CCCCc1cccc3c1CN(C3)C(=O)O2)P(=O)(O)C(C)C.CC[C@@H]1C[C@]1(NC(=O)[C@@H]1C[C@@H]2CN1C(=O)[C@H](C(C)(C)C)NC(=O)OC[C@@H](C)CCCCc1cccc3c1CN(C3)C(=O)O2)P(=O)(O)CC.CC[C@@H]1C[C@]1(NC(=O)[C@@H]1C[C@@H]2CN1C(=O)[C@H](C(C)(C)C)NC(=O)OC[C@@H](C)CCCCc1cccc3c1CN(C3)C(=O)O2)P(=O)(O)c1ccccc1. The highest BCUT2D eigenvalue weighted by Crippen LogP contribution is 2.73. The van der Waals surface area contributed by atoms with E-state index < -0.39 is 186 Å². The lowest BCUT2D eigenvalue weighted by atomic mass is 9.85. The second-order valence-corrected chi connectivity index (χ2v) is 55.8. The number of ether oxygens (including phenoxy) is 6. The van der Waals surface area contributed by atoms with Crippen molar-refractivity contribution in [2.45, 2.75) is 375 Å². The molecule has 21 atom stereocenters. The van der Waals surface area contributed by atoms with Crippen molar-refractivity contribution in [1.29, 1.82) is 0 Å². The molecule has 149 heavy (non-hydrogen) atoms. The number of benzene rings is 4. The number of aryl methyl sites for hydroxylation is 3. The Balaban J connectivity index is 0.000000176. The molecule has 4 aromatic carbocycles. The van der Waals surface area contributed by atoms with Crippen LogP contribution in [0.4, 0.5) is 28.8 Å². The number of alkyl carbamates (subject to hydrolysis) is 3. The minimum absolute atomic E-state index is 0.00795. The van der Waals surface area contributed by atoms with Gasteiger partial charge in [-0.15, -0.1) is 0 Å². The lowest BCUT2D eigenvalue weighted by Gasteiger charge is -2.36. The van der Waals surface area contributed by atoms with Gasteiger partial charge < -0.3 is 89.7 Å². The van der Waals surface area contributed by atoms with Crippen LogP contribution in [-0.4, -0.2) is 238 Å². The maximum absolute atomic E-state index is 14.5. The molecule has 16 rings (SSSR count). The summed E-state index contributed by atoms with van der Waals surface area (Å²) in [7, 11) is -11.7. The Morgan fingerprint density at radius 2 is 0.705 bits per heavy atom. The smallest absolute Gasteiger partial charge is 0.410 e. The number of carbonyl (C=O) groups excluding carboxylic acids is 12. The van der Waals surface area contributed by atoms with Gasteiger partial charge in [-0.05, 0) is 191 Å². The summed E-state index contributed by atoms with van der Waals surface area (Å²) in [4.78, 5) is 209. The number of fused-ring (bicyclic) bond motifs is 9. The molecule has 3 aliphatic carbocycles. The minimum atomic E-state index is -4.11. The summed E-state index contributed by atoms with van der Waals surface area (Å²) < 4.78 is 75.9. The van der Waals surface area contributed by atoms with Crippen molar-refractivity contribution >= 4 is 99.4 Å². The fourth-order valence-corrected chi connectivity index (χ4v) is 30.3. The molecule has 9 heterocycles. The number of hydrogen-bond acceptors (Lipinski definition) is 21. The topological polar surface area (TPSA) is 464 Å². The van der Waals surface area contributed by atoms with Gasteiger partial charge in [0.15, 0.2) is 0 Å². The number of amides is 12. The van der Waals surface area contributed by atoms with Gasteiger partial charge in [0.05, 0.1) is 39.5 Å². The number of nitrogens with one attached hydrogen (secondary N) is 6. The third kappa shape index (κ3) is 25.5. The van der Waals surface area contributed by atoms with Crippen LogP contribution in [0.1, 0.15) is 290 Å². The Kier molecular flexibility index (Phi) is 35.7. The first kappa shape index (κ1) is 114. The first-order valence-corrected chi connectivity index (χ1v) is 59.3. The van der Waals surface area contributed by atoms with Crippen LogP contribution in [0.2, 0.25) is 0 Å². The second-order valence-electron chi connectivity index (χ2n) is 47.5. The van der Waals surface area contributed by atoms with Crippen LogP contribution in [-0.2, 0) is 129 Å². The summed E-state index contributed by atoms with van der Waals surface area (Å²) in [5, 5.41) is 13.4. The predicted molar refractivity (Wildman–Crippen MR) is 561 cm³/mol. The first-order chi connectivity index (χ1) is 70.2. The molecule has 3 saturated heterocycles. The van der Waals surface area contributed by atoms with Gasteiger partial charge in [0.25, 0.3) is 7.37 Å². The average Bonchev–Trinajstić information content (AvgIpc) is 1.55. The van der Waals surface area contributed by atoms with Crippen molar-refractivity contribution in [3.8, 4) is 0 Å². The highest BCUT2D eigenvalue weighted by molar-refractivity contribution is 7.68. The van der Waals surface area contributed by atoms with Crippen LogP contribution in [0.25, 0.3) is 0 Å². The van der Waals surface area contributed by atoms with E-state index in [1.807, 2.05) is 140 Å². The fourth-order valence-electron chi connectivity index (χ4n) is 23.4. The van der Waals surface area contributed by atoms with E-state index in [-0.39, 0.29) is 106 Å². The molecule has 4 aromatic rings. The summed E-state index contributed by atoms with van der Waals surface area (Å²) in [6, 6.07) is 20.3. The molecule has 9 N–H and O–H groups in total. The lowest BCUT2D eigenvalue weighted by molar-refractivity contribution is -0.142. The summed E-state index contributed by atoms with van der Waals surface area (Å²) in [6.45, 7) is 36.0. The zero-order valence-electron chi connectivity index (χ0n) is 90.3. The van der Waals surface area contributed by atoms with Crippen molar-refractivity contribution in [3.63, 3.8) is 0 Å². The molecule has 36 nitrogen and oxygen atoms in total. The molecular weight excluding hydrogens is 1970 g/mol. The van der Waals surface area contributed by atoms with E-state index in [1.54, 1.807) is 65.8 Å². The Morgan fingerprint density at radius 3 is 1.00 bits per heavy atom. The van der Waals surface area contributed by atoms with Crippen molar-refractivity contribution in [2.24, 2.45) is 51.8 Å². The largest absolute Gasteiger partial charge is 0.449 e. The summed E-state index contributed by atoms with van der Waals surface area (Å²) in [6.07, 6.45) is 7.64. The Labute approximate surface area is 877 Å². The second kappa shape index (κ2) is 46.4. The van der Waals surface area contributed by atoms with Gasteiger partial charge in [-0.3, -0.25) is 57.2 Å². The Morgan fingerprint density at radius 1 is 0.409 bits per heavy atom. The Hall–Kier alpha value is -10.1. The predicted octanol–water partition coefficient (Wildman–Crippen LogP) is 16.1. The summed E-state index contributed by atoms with van der Waals surface area (Å²) in [5.41, 5.74) is 7.36. The molecule has 3 saturated carbocycles. The molecule has 39 heteroatoms. The summed E-state index contributed by atoms with van der Waals surface area (Å²) in [5.74, 6) is -3.53. The zero-order chi connectivity index (χ0) is 108. The molecule has 6 fully saturated rings. The molecular formula is C110H161N12O24P3. The van der Waals surface area contributed by atoms with E-state index in [1.165, 1.54) is 31.4 Å². The van der Waals surface area contributed by atoms with Crippen molar-refractivity contribution in [3.05, 3.63) is 135 Å². The fraction of sp³-hybridized carbons (Fsp3) is 0.673. The first-order valence-electron chi connectivity index (χ1n) is 54.1. The number of hydrogen-bond donors (Lipinski definition) is 9. The van der Waals surface area contributed by atoms with Crippen molar-refractivity contribution in [2.75, 3.05) is 45.6 Å². The van der Waals surface area contributed by atoms with E-state index in [4.69, 9.17) is 28.4 Å². The minimum Gasteiger partial charge on any atom is -0.449 e. The number of nitrogens with zero attached hydrogens (tertiary/aromatic N) is 6. The van der Waals surface area contributed by atoms with Gasteiger partial charge in [-0.1, -0.05) is 236 Å². The molecule has 3 unspecified atom stereocenters. The monoisotopic (exact) mass is 2130 g/mol. The van der Waals surface area contributed by atoms with Crippen molar-refractivity contribution < 1.29 is 114 Å². The molecule has 0 radical (unpaired) electrons. The Bertz CT molecular complexity index is 5770. The normalized spacial score (nSPS) is 30.7. The van der Waals surface area contributed by atoms with Gasteiger partial charge in [0.1, 0.15) is 70.4 Å². The van der Waals surface area contributed by atoms with E-state index in [0.29, 0.717) is 77.8 Å². The highest BCUT2D eigenvalue weighted by atomic mass is 31.2. The highest BCUT2D eigenvalue weighted by Gasteiger charge is 2.70. The molecule has 12 amide bonds. The van der Waals surface area contributed by atoms with Crippen LogP contribution in [0.15, 0.2) is 84.9 Å². The molecule has 12 aliphatic rings. The van der Waals surface area contributed by atoms with Crippen LogP contribution >= 0.6 is 22.1 Å². The molecule has 12 bridgehead atoms. The number of cyclic esters (lactones) is 3. The van der Waals surface area contributed by atoms with Gasteiger partial charge in [-0.2, -0.15) is 0 Å². The quantitative estimate of drug-likeness (QED) is 0.0394. The van der Waals surface area contributed by atoms with E-state index in [9.17, 15) is 85.9 Å². The third-order valence-electron chi connectivity index (χ3n) is 32.9. The molecule has 0 spiro atoms. The average molecular weight is 2130 g/mol. The van der Waals surface area contributed by atoms with Crippen LogP contribution < -0.4 is 37.2 Å². The van der Waals surface area contributed by atoms with Crippen LogP contribution in [0.5, 0.6) is 0 Å². The molecule has 9 aliphatic heterocycles. The van der Waals surface area contributed by atoms with Gasteiger partial charge in [0, 0.05) is 75.7 Å². The number of carbonyl (C=O) groups is 12. The molecule has 0 aromatic heterocycles. The van der Waals surface area contributed by atoms with Gasteiger partial charge >= 0.3 is 36.6 Å². The van der Waals surface area contributed by atoms with Crippen LogP contribution in [0.3, 0.4) is 0 Å². The maximum atomic E-state index is 14.5. The lowest BCUT2D eigenvalue weighted by Crippen LogP contribution is -2.58. The number of rotatable bonds is 15. The van der Waals surface area contributed by atoms with Crippen molar-refractivity contribution in [1.82, 2.24) is 61.3 Å². The van der Waals surface area contributed by atoms with Crippen LogP contribution in [0, 0.1) is 51.8 Å². The van der Waals surface area contributed by atoms with E-state index in [0.717, 1.165) is 110 Å². The standard InChI is InChI=1S/C39H53N4O8P.C36H55N4O8P.C35H53N4O8P/c1-6-28-20-39(28,52(48,49)30-17-8-7-9-18-30)41-34(44)32-19-29-22-43(32)35(45)33(38(3,4)5)40-36(46)50-24-25(2)13-10-11-14-26-15-12-16-27-21-42(23-31(26)27)37(47)51-29;1-8-26-17-36(26,49(45,46)22(2)3)38-31(41)29-16-27-19-40(29)32(42)30(35(5,6)7)37-33(43)47-21-23(4)12-9-10-13-24-14-11-15-25-18-39(20-28(24)25)34(44)48-27;1-7-25-17-35(25,48(44,45)8-2)37-30(40)28-16-26-19-39(28)31(41)29(34(4,5)6)36-32(42)46-21-22(3)12-9-10-13-23-14-11-15-24-18-38(20-27(23)24)33(43)47-26/h7-9,12,15-18,25,28-29,32-33H,6,10-11,13-14,19-24H2,1-5H3,(H,40,46)(H,41,44)(H,48,49);11,14-15,22-23,26-27,29-30H,8-10,12-13,16-21H2,1-7H3,(H,37,43)(H,38,41)(H,45,46);11,14-15,22,25-26,28-29H,7-10,12-13,16-21H2,1-6H3,(H,36,42)(H,37,40)(H,44,45)/t25-,28+,29+,32-,33+,39-;23-,26+,27+,29-,30+,36-;22-,25+,26+,28-,29+,35-/m000/s1. The van der Waals surface area contributed by atoms with Gasteiger partial charge in [0.2, 0.25) is 50.2 Å². The van der Waals surface area contributed by atoms with E-state index in [2.05, 4.69) is 50.1 Å². The molecule has 820 valence electrons. The summed E-state index contributed by atoms with van der Waals surface area (Å²) >= 11 is 0.